The van der Waals surface area contributed by atoms with Crippen molar-refractivity contribution >= 4 is 34.6 Å². The Hall–Kier alpha value is -4.39. The molecule has 4 rings (SSSR count). The summed E-state index contributed by atoms with van der Waals surface area (Å²) < 4.78 is 31.7. The number of amides is 1. The number of halogens is 3. The van der Waals surface area contributed by atoms with Gasteiger partial charge in [0.05, 0.1) is 11.3 Å². The van der Waals surface area contributed by atoms with Gasteiger partial charge in [-0.2, -0.15) is 13.2 Å². The summed E-state index contributed by atoms with van der Waals surface area (Å²) in [7, 11) is 2.02. The van der Waals surface area contributed by atoms with Gasteiger partial charge in [-0.3, -0.25) is 14.4 Å². The lowest BCUT2D eigenvalue weighted by Crippen LogP contribution is -2.36. The Balaban J connectivity index is 0.000000505. The number of carbonyl (C=O) groups excluding carboxylic acids is 1. The molecular weight excluding hydrogens is 509 g/mol. The number of hydrogen-bond donors (Lipinski definition) is 4. The number of aliphatic carboxylic acids is 1. The zero-order chi connectivity index (χ0) is 28.0. The fourth-order valence-electron chi connectivity index (χ4n) is 3.67. The highest BCUT2D eigenvalue weighted by Crippen LogP contribution is 2.33. The SMILES string of the molecule is CN1CCCN(C(=O)c2cccc(Nc3c(Nc4ccccc4)c(=O)c3=O)c2O)CC1.O=C(O)C(F)(F)F. The van der Waals surface area contributed by atoms with E-state index in [-0.39, 0.29) is 34.3 Å². The quantitative estimate of drug-likeness (QED) is 0.287. The molecule has 0 radical (unpaired) electrons. The van der Waals surface area contributed by atoms with Crippen LogP contribution in [0, 0.1) is 0 Å². The van der Waals surface area contributed by atoms with Crippen LogP contribution in [0.3, 0.4) is 0 Å². The lowest BCUT2D eigenvalue weighted by molar-refractivity contribution is -0.192. The number of para-hydroxylation sites is 2. The van der Waals surface area contributed by atoms with Crippen molar-refractivity contribution in [2.75, 3.05) is 43.9 Å². The molecule has 10 nitrogen and oxygen atoms in total. The average molecular weight is 534 g/mol. The van der Waals surface area contributed by atoms with Crippen LogP contribution in [-0.2, 0) is 4.79 Å². The van der Waals surface area contributed by atoms with Crippen LogP contribution in [-0.4, -0.2) is 71.3 Å². The van der Waals surface area contributed by atoms with Crippen LogP contribution >= 0.6 is 0 Å². The third-order valence-corrected chi connectivity index (χ3v) is 5.73. The van der Waals surface area contributed by atoms with Crippen LogP contribution in [0.25, 0.3) is 0 Å². The second-order valence-electron chi connectivity index (χ2n) is 8.48. The molecule has 0 spiro atoms. The number of carboxylic acid groups (broad SMARTS) is 1. The first-order valence-corrected chi connectivity index (χ1v) is 11.4. The molecule has 1 saturated heterocycles. The van der Waals surface area contributed by atoms with E-state index in [9.17, 15) is 32.7 Å². The minimum Gasteiger partial charge on any atom is -0.505 e. The third-order valence-electron chi connectivity index (χ3n) is 5.73. The summed E-state index contributed by atoms with van der Waals surface area (Å²) in [5, 5.41) is 23.6. The number of carboxylic acids is 1. The van der Waals surface area contributed by atoms with Crippen molar-refractivity contribution in [2.45, 2.75) is 12.6 Å². The van der Waals surface area contributed by atoms with E-state index in [1.807, 2.05) is 25.2 Å². The normalized spacial score (nSPS) is 14.3. The highest BCUT2D eigenvalue weighted by molar-refractivity contribution is 5.99. The van der Waals surface area contributed by atoms with Crippen LogP contribution in [0.5, 0.6) is 5.75 Å². The van der Waals surface area contributed by atoms with Gasteiger partial charge in [-0.05, 0) is 44.3 Å². The van der Waals surface area contributed by atoms with Crippen molar-refractivity contribution in [3.63, 3.8) is 0 Å². The molecule has 0 saturated carbocycles. The molecule has 3 aromatic rings. The van der Waals surface area contributed by atoms with E-state index in [1.165, 1.54) is 0 Å². The monoisotopic (exact) mass is 534 g/mol. The molecule has 1 aliphatic heterocycles. The number of phenols is 1. The number of phenolic OH excluding ortho intramolecular Hbond substituents is 1. The summed E-state index contributed by atoms with van der Waals surface area (Å²) in [4.78, 5) is 50.0. The number of nitrogens with one attached hydrogen (secondary N) is 2. The van der Waals surface area contributed by atoms with Crippen LogP contribution in [0.2, 0.25) is 0 Å². The largest absolute Gasteiger partial charge is 0.505 e. The predicted molar refractivity (Wildman–Crippen MR) is 134 cm³/mol. The molecule has 202 valence electrons. The van der Waals surface area contributed by atoms with Crippen molar-refractivity contribution in [3.05, 3.63) is 74.5 Å². The topological polar surface area (TPSA) is 139 Å². The zero-order valence-corrected chi connectivity index (χ0v) is 20.2. The van der Waals surface area contributed by atoms with Gasteiger partial charge in [0.15, 0.2) is 5.75 Å². The Bertz CT molecular complexity index is 1370. The molecule has 0 atom stereocenters. The average Bonchev–Trinajstić information content (AvgIpc) is 3.11. The molecule has 1 aliphatic rings. The molecule has 1 amide bonds. The number of likely N-dealkylation sites (N-methyl/N-ethyl adjacent to an activating group) is 1. The van der Waals surface area contributed by atoms with Crippen LogP contribution in [0.4, 0.5) is 35.9 Å². The third kappa shape index (κ3) is 6.68. The van der Waals surface area contributed by atoms with E-state index >= 15 is 0 Å². The summed E-state index contributed by atoms with van der Waals surface area (Å²) in [5.74, 6) is -3.26. The minimum atomic E-state index is -5.08. The highest BCUT2D eigenvalue weighted by Gasteiger charge is 2.38. The fourth-order valence-corrected chi connectivity index (χ4v) is 3.67. The maximum atomic E-state index is 13.0. The van der Waals surface area contributed by atoms with Gasteiger partial charge < -0.3 is 30.6 Å². The summed E-state index contributed by atoms with van der Waals surface area (Å²) in [6.45, 7) is 2.88. The van der Waals surface area contributed by atoms with E-state index in [1.54, 1.807) is 35.2 Å². The molecule has 0 unspecified atom stereocenters. The van der Waals surface area contributed by atoms with Gasteiger partial charge in [0.1, 0.15) is 11.4 Å². The maximum absolute atomic E-state index is 13.0. The fraction of sp³-hybridized carbons (Fsp3) is 0.280. The van der Waals surface area contributed by atoms with Crippen molar-refractivity contribution in [1.82, 2.24) is 9.80 Å². The Morgan fingerprint density at radius 3 is 2.08 bits per heavy atom. The summed E-state index contributed by atoms with van der Waals surface area (Å²) in [5.41, 5.74) is -0.103. The lowest BCUT2D eigenvalue weighted by atomic mass is 10.1. The Kier molecular flexibility index (Phi) is 8.73. The molecule has 1 heterocycles. The Morgan fingerprint density at radius 2 is 1.47 bits per heavy atom. The van der Waals surface area contributed by atoms with E-state index < -0.39 is 23.0 Å². The predicted octanol–water partition coefficient (Wildman–Crippen LogP) is 2.89. The number of rotatable bonds is 5. The molecule has 0 aromatic heterocycles. The molecular formula is C25H25F3N4O6. The maximum Gasteiger partial charge on any atom is 0.490 e. The number of alkyl halides is 3. The van der Waals surface area contributed by atoms with Crippen LogP contribution < -0.4 is 21.5 Å². The molecule has 1 fully saturated rings. The first kappa shape index (κ1) is 28.2. The molecule has 13 heteroatoms. The van der Waals surface area contributed by atoms with Gasteiger partial charge in [-0.15, -0.1) is 0 Å². The van der Waals surface area contributed by atoms with Crippen molar-refractivity contribution in [1.29, 1.82) is 0 Å². The molecule has 4 N–H and O–H groups in total. The Labute approximate surface area is 214 Å². The van der Waals surface area contributed by atoms with Gasteiger partial charge in [-0.25, -0.2) is 4.79 Å². The van der Waals surface area contributed by atoms with E-state index in [4.69, 9.17) is 9.90 Å². The van der Waals surface area contributed by atoms with Crippen molar-refractivity contribution in [2.24, 2.45) is 0 Å². The summed E-state index contributed by atoms with van der Waals surface area (Å²) in [6.07, 6.45) is -4.22. The van der Waals surface area contributed by atoms with Gasteiger partial charge in [0, 0.05) is 25.3 Å². The van der Waals surface area contributed by atoms with Gasteiger partial charge in [-0.1, -0.05) is 24.3 Å². The molecule has 3 aromatic carbocycles. The van der Waals surface area contributed by atoms with Crippen LogP contribution in [0.1, 0.15) is 16.8 Å². The molecule has 38 heavy (non-hydrogen) atoms. The second-order valence-corrected chi connectivity index (χ2v) is 8.48. The summed E-state index contributed by atoms with van der Waals surface area (Å²) in [6, 6.07) is 13.8. The number of benzene rings is 2. The summed E-state index contributed by atoms with van der Waals surface area (Å²) >= 11 is 0. The number of carbonyl (C=O) groups is 2. The van der Waals surface area contributed by atoms with Gasteiger partial charge in [0.25, 0.3) is 16.8 Å². The van der Waals surface area contributed by atoms with E-state index in [2.05, 4.69) is 15.5 Å². The number of aromatic hydroxyl groups is 1. The minimum absolute atomic E-state index is 0.0603. The second kappa shape index (κ2) is 11.8. The van der Waals surface area contributed by atoms with Crippen LogP contribution in [0.15, 0.2) is 58.1 Å². The number of anilines is 4. The highest BCUT2D eigenvalue weighted by atomic mass is 19.4. The number of nitrogens with zero attached hydrogens (tertiary/aromatic N) is 2. The smallest absolute Gasteiger partial charge is 0.490 e. The lowest BCUT2D eigenvalue weighted by Gasteiger charge is -2.22. The van der Waals surface area contributed by atoms with Gasteiger partial charge >= 0.3 is 12.1 Å². The first-order chi connectivity index (χ1) is 17.9. The van der Waals surface area contributed by atoms with Crippen molar-refractivity contribution in [3.8, 4) is 5.75 Å². The van der Waals surface area contributed by atoms with Gasteiger partial charge in [0.2, 0.25) is 0 Å². The van der Waals surface area contributed by atoms with E-state index in [0.29, 0.717) is 18.8 Å². The molecule has 0 bridgehead atoms. The molecule has 0 aliphatic carbocycles. The standard InChI is InChI=1S/C23H24N4O4.C2HF3O2/c1-26-11-6-12-27(14-13-26)23(31)16-9-5-10-17(20(16)28)25-19-18(21(29)22(19)30)24-15-7-3-2-4-8-15;3-2(4,5)1(6)7/h2-5,7-10,24-25,28H,6,11-14H2,1H3;(H,6,7). The van der Waals surface area contributed by atoms with E-state index in [0.717, 1.165) is 19.5 Å². The Morgan fingerprint density at radius 1 is 0.868 bits per heavy atom. The first-order valence-electron chi connectivity index (χ1n) is 11.4. The number of hydrogen-bond acceptors (Lipinski definition) is 8. The van der Waals surface area contributed by atoms with Crippen molar-refractivity contribution < 1.29 is 33.0 Å². The zero-order valence-electron chi connectivity index (χ0n) is 20.2.